The number of hydrogen-bond acceptors (Lipinski definition) is 2. The van der Waals surface area contributed by atoms with Crippen molar-refractivity contribution in [3.8, 4) is 0 Å². The van der Waals surface area contributed by atoms with Gasteiger partial charge in [-0.05, 0) is 5.56 Å². The molecule has 3 heteroatoms. The maximum atomic E-state index is 11.1. The minimum atomic E-state index is -1.81. The van der Waals surface area contributed by atoms with Gasteiger partial charge in [-0.15, -0.1) is 0 Å². The van der Waals surface area contributed by atoms with Crippen molar-refractivity contribution >= 4 is 11.5 Å². The molecule has 2 N–H and O–H groups in total. The summed E-state index contributed by atoms with van der Waals surface area (Å²) in [6.45, 7) is 0. The van der Waals surface area contributed by atoms with Gasteiger partial charge in [-0.1, -0.05) is 48.6 Å². The Hall–Kier alpha value is -1.87. The van der Waals surface area contributed by atoms with Crippen LogP contribution in [0.4, 0.5) is 0 Å². The molecule has 1 aromatic rings. The van der Waals surface area contributed by atoms with E-state index in [1.54, 1.807) is 30.4 Å². The van der Waals surface area contributed by atoms with Crippen molar-refractivity contribution in [1.82, 2.24) is 0 Å². The Labute approximate surface area is 93.4 Å². The van der Waals surface area contributed by atoms with Gasteiger partial charge in [0, 0.05) is 12.0 Å². The molecule has 0 aliphatic heterocycles. The van der Waals surface area contributed by atoms with E-state index in [0.29, 0.717) is 5.57 Å². The monoisotopic (exact) mass is 216 g/mol. The second-order valence-electron chi connectivity index (χ2n) is 3.74. The van der Waals surface area contributed by atoms with Crippen LogP contribution in [0.5, 0.6) is 0 Å². The summed E-state index contributed by atoms with van der Waals surface area (Å²) in [6.07, 6.45) is 5.16. The highest BCUT2D eigenvalue weighted by Gasteiger charge is 2.40. The van der Waals surface area contributed by atoms with Gasteiger partial charge in [0.1, 0.15) is 0 Å². The van der Waals surface area contributed by atoms with Gasteiger partial charge in [-0.2, -0.15) is 0 Å². The lowest BCUT2D eigenvalue weighted by molar-refractivity contribution is -0.152. The third-order valence-corrected chi connectivity index (χ3v) is 2.70. The molecule has 1 aromatic carbocycles. The van der Waals surface area contributed by atoms with Gasteiger partial charge in [-0.25, -0.2) is 4.79 Å². The minimum absolute atomic E-state index is 0.100. The SMILES string of the molecule is O=C(O)C1(O)CC=CC=C1c1ccccc1. The standard InChI is InChI=1S/C13H12O3/c14-12(15)13(16)9-5-4-8-11(13)10-6-2-1-3-7-10/h1-8,16H,9H2,(H,14,15). The Kier molecular flexibility index (Phi) is 2.62. The number of aliphatic hydroxyl groups is 1. The first-order valence-electron chi connectivity index (χ1n) is 5.03. The van der Waals surface area contributed by atoms with Crippen molar-refractivity contribution in [2.24, 2.45) is 0 Å². The summed E-state index contributed by atoms with van der Waals surface area (Å²) in [5.74, 6) is -1.22. The summed E-state index contributed by atoms with van der Waals surface area (Å²) in [5.41, 5.74) is -0.643. The fraction of sp³-hybridized carbons (Fsp3) is 0.154. The molecule has 0 radical (unpaired) electrons. The van der Waals surface area contributed by atoms with Crippen LogP contribution in [0.25, 0.3) is 5.57 Å². The molecule has 0 aromatic heterocycles. The third kappa shape index (κ3) is 1.66. The van der Waals surface area contributed by atoms with Gasteiger partial charge in [0.25, 0.3) is 0 Å². The molecule has 0 fully saturated rings. The maximum Gasteiger partial charge on any atom is 0.340 e. The largest absolute Gasteiger partial charge is 0.479 e. The molecule has 0 saturated carbocycles. The van der Waals surface area contributed by atoms with E-state index in [1.807, 2.05) is 18.2 Å². The molecule has 0 bridgehead atoms. The number of allylic oxidation sites excluding steroid dienone is 2. The minimum Gasteiger partial charge on any atom is -0.479 e. The zero-order valence-electron chi connectivity index (χ0n) is 8.63. The Morgan fingerprint density at radius 2 is 1.94 bits per heavy atom. The van der Waals surface area contributed by atoms with Crippen LogP contribution in [0.1, 0.15) is 12.0 Å². The van der Waals surface area contributed by atoms with Gasteiger partial charge in [0.15, 0.2) is 5.60 Å². The second kappa shape index (κ2) is 3.94. The Morgan fingerprint density at radius 3 is 2.56 bits per heavy atom. The van der Waals surface area contributed by atoms with Crippen LogP contribution in [0.2, 0.25) is 0 Å². The number of rotatable bonds is 2. The van der Waals surface area contributed by atoms with Crippen molar-refractivity contribution in [2.75, 3.05) is 0 Å². The number of carbonyl (C=O) groups is 1. The fourth-order valence-electron chi connectivity index (χ4n) is 1.81. The first kappa shape index (κ1) is 10.6. The molecular weight excluding hydrogens is 204 g/mol. The van der Waals surface area contributed by atoms with Crippen molar-refractivity contribution < 1.29 is 15.0 Å². The van der Waals surface area contributed by atoms with E-state index < -0.39 is 11.6 Å². The average molecular weight is 216 g/mol. The molecule has 1 aliphatic carbocycles. The van der Waals surface area contributed by atoms with E-state index in [-0.39, 0.29) is 6.42 Å². The van der Waals surface area contributed by atoms with Gasteiger partial charge >= 0.3 is 5.97 Å². The zero-order chi connectivity index (χ0) is 11.6. The third-order valence-electron chi connectivity index (χ3n) is 2.70. The maximum absolute atomic E-state index is 11.1. The van der Waals surface area contributed by atoms with Crippen LogP contribution < -0.4 is 0 Å². The molecule has 0 saturated heterocycles. The van der Waals surface area contributed by atoms with Crippen molar-refractivity contribution in [3.05, 3.63) is 54.1 Å². The molecule has 3 nitrogen and oxygen atoms in total. The summed E-state index contributed by atoms with van der Waals surface area (Å²) in [5, 5.41) is 19.2. The van der Waals surface area contributed by atoms with Gasteiger partial charge in [0.2, 0.25) is 0 Å². The van der Waals surface area contributed by atoms with E-state index in [4.69, 9.17) is 5.11 Å². The molecule has 16 heavy (non-hydrogen) atoms. The molecule has 1 aliphatic rings. The molecule has 1 unspecified atom stereocenters. The van der Waals surface area contributed by atoms with Crippen molar-refractivity contribution in [3.63, 3.8) is 0 Å². The second-order valence-corrected chi connectivity index (χ2v) is 3.74. The molecule has 0 amide bonds. The summed E-state index contributed by atoms with van der Waals surface area (Å²) in [7, 11) is 0. The topological polar surface area (TPSA) is 57.5 Å². The van der Waals surface area contributed by atoms with Crippen LogP contribution in [-0.2, 0) is 4.79 Å². The predicted molar refractivity (Wildman–Crippen MR) is 60.8 cm³/mol. The smallest absolute Gasteiger partial charge is 0.340 e. The summed E-state index contributed by atoms with van der Waals surface area (Å²) in [6, 6.07) is 9.06. The van der Waals surface area contributed by atoms with Crippen LogP contribution in [-0.4, -0.2) is 21.8 Å². The zero-order valence-corrected chi connectivity index (χ0v) is 8.63. The van der Waals surface area contributed by atoms with Crippen LogP contribution in [0, 0.1) is 0 Å². The number of carboxylic acids is 1. The Bertz CT molecular complexity index is 459. The molecule has 82 valence electrons. The van der Waals surface area contributed by atoms with Crippen LogP contribution >= 0.6 is 0 Å². The normalized spacial score (nSPS) is 23.9. The highest BCUT2D eigenvalue weighted by molar-refractivity contribution is 5.96. The van der Waals surface area contributed by atoms with Gasteiger partial charge in [-0.3, -0.25) is 0 Å². The molecule has 0 heterocycles. The highest BCUT2D eigenvalue weighted by atomic mass is 16.4. The predicted octanol–water partition coefficient (Wildman–Crippen LogP) is 1.85. The number of aliphatic carboxylic acids is 1. The first-order valence-corrected chi connectivity index (χ1v) is 5.03. The highest BCUT2D eigenvalue weighted by Crippen LogP contribution is 2.33. The molecule has 0 spiro atoms. The molecular formula is C13H12O3. The lowest BCUT2D eigenvalue weighted by Gasteiger charge is -2.27. The number of benzene rings is 1. The van der Waals surface area contributed by atoms with E-state index in [1.165, 1.54) is 0 Å². The van der Waals surface area contributed by atoms with Gasteiger partial charge < -0.3 is 10.2 Å². The van der Waals surface area contributed by atoms with E-state index >= 15 is 0 Å². The summed E-state index contributed by atoms with van der Waals surface area (Å²) >= 11 is 0. The first-order chi connectivity index (χ1) is 7.64. The van der Waals surface area contributed by atoms with Crippen molar-refractivity contribution in [1.29, 1.82) is 0 Å². The quantitative estimate of drug-likeness (QED) is 0.793. The van der Waals surface area contributed by atoms with E-state index in [9.17, 15) is 9.90 Å². The van der Waals surface area contributed by atoms with Crippen LogP contribution in [0.15, 0.2) is 48.6 Å². The summed E-state index contributed by atoms with van der Waals surface area (Å²) < 4.78 is 0. The van der Waals surface area contributed by atoms with Crippen LogP contribution in [0.3, 0.4) is 0 Å². The molecule has 1 atom stereocenters. The van der Waals surface area contributed by atoms with Crippen molar-refractivity contribution in [2.45, 2.75) is 12.0 Å². The van der Waals surface area contributed by atoms with E-state index in [2.05, 4.69) is 0 Å². The Balaban J connectivity index is 2.49. The number of hydrogen-bond donors (Lipinski definition) is 2. The lowest BCUT2D eigenvalue weighted by Crippen LogP contribution is -2.40. The fourth-order valence-corrected chi connectivity index (χ4v) is 1.81. The average Bonchev–Trinajstić information content (AvgIpc) is 2.30. The molecule has 2 rings (SSSR count). The summed E-state index contributed by atoms with van der Waals surface area (Å²) in [4.78, 5) is 11.1. The Morgan fingerprint density at radius 1 is 1.25 bits per heavy atom. The lowest BCUT2D eigenvalue weighted by atomic mass is 9.82. The van der Waals surface area contributed by atoms with E-state index in [0.717, 1.165) is 5.56 Å². The number of carboxylic acid groups (broad SMARTS) is 1. The van der Waals surface area contributed by atoms with Gasteiger partial charge in [0.05, 0.1) is 0 Å².